The first-order chi connectivity index (χ1) is 25.0. The van der Waals surface area contributed by atoms with Crippen LogP contribution in [0.1, 0.15) is 107 Å². The summed E-state index contributed by atoms with van der Waals surface area (Å²) in [6, 6.07) is 3.16. The molecule has 5 aliphatic rings. The van der Waals surface area contributed by atoms with Gasteiger partial charge in [-0.2, -0.15) is 0 Å². The first-order valence-electron chi connectivity index (χ1n) is 19.1. The molecule has 53 heavy (non-hydrogen) atoms. The number of piperidine rings is 1. The van der Waals surface area contributed by atoms with E-state index in [-0.39, 0.29) is 48.1 Å². The highest BCUT2D eigenvalue weighted by atomic mass is 16.2. The highest BCUT2D eigenvalue weighted by Gasteiger charge is 2.70. The molecule has 13 heteroatoms. The zero-order chi connectivity index (χ0) is 38.5. The van der Waals surface area contributed by atoms with Crippen LogP contribution in [0.25, 0.3) is 0 Å². The molecule has 5 atom stereocenters. The van der Waals surface area contributed by atoms with Crippen LogP contribution in [0, 0.1) is 28.6 Å². The fourth-order valence-electron chi connectivity index (χ4n) is 8.86. The molecule has 3 saturated carbocycles. The zero-order valence-corrected chi connectivity index (χ0v) is 31.6. The minimum Gasteiger partial charge on any atom is -0.346 e. The van der Waals surface area contributed by atoms with Gasteiger partial charge in [-0.05, 0) is 60.0 Å². The molecule has 6 rings (SSSR count). The molecular weight excluding hydrogens is 676 g/mol. The first-order valence-corrected chi connectivity index (χ1v) is 19.1. The third-order valence-electron chi connectivity index (χ3n) is 12.2. The summed E-state index contributed by atoms with van der Waals surface area (Å²) in [4.78, 5) is 97.9. The third kappa shape index (κ3) is 7.62. The van der Waals surface area contributed by atoms with Crippen molar-refractivity contribution in [2.45, 2.75) is 110 Å². The number of fused-ring (bicyclic) bond motifs is 2. The van der Waals surface area contributed by atoms with E-state index in [1.54, 1.807) is 24.3 Å². The number of likely N-dealkylation sites (tertiary alicyclic amines) is 1. The first kappa shape index (κ1) is 38.2. The van der Waals surface area contributed by atoms with Gasteiger partial charge in [0.05, 0.1) is 29.3 Å². The molecule has 0 radical (unpaired) electrons. The molecular formula is C40H54N6O7. The Labute approximate surface area is 311 Å². The van der Waals surface area contributed by atoms with E-state index >= 15 is 0 Å². The fourth-order valence-corrected chi connectivity index (χ4v) is 8.86. The molecule has 0 aromatic heterocycles. The number of carbonyl (C=O) groups is 7. The van der Waals surface area contributed by atoms with Gasteiger partial charge in [0.15, 0.2) is 0 Å². The maximum Gasteiger partial charge on any atom is 0.315 e. The molecule has 13 nitrogen and oxygen atoms in total. The number of urea groups is 1. The van der Waals surface area contributed by atoms with Crippen LogP contribution in [0.15, 0.2) is 36.9 Å². The van der Waals surface area contributed by atoms with Gasteiger partial charge in [0.1, 0.15) is 12.1 Å². The molecule has 7 amide bonds. The summed E-state index contributed by atoms with van der Waals surface area (Å²) in [6.45, 7) is 13.7. The average Bonchev–Trinajstić information content (AvgIpc) is 3.94. The van der Waals surface area contributed by atoms with E-state index in [2.05, 4.69) is 41.7 Å². The van der Waals surface area contributed by atoms with E-state index in [1.807, 2.05) is 20.8 Å². The average molecular weight is 731 g/mol. The molecule has 3 aliphatic carbocycles. The molecule has 2 heterocycles. The van der Waals surface area contributed by atoms with Crippen LogP contribution in [-0.4, -0.2) is 94.4 Å². The number of Topliss-reactive ketones (excluding diaryl/α,β-unsaturated/α-hetero) is 1. The van der Waals surface area contributed by atoms with E-state index in [9.17, 15) is 33.6 Å². The number of benzene rings is 1. The summed E-state index contributed by atoms with van der Waals surface area (Å²) in [5, 5.41) is 11.4. The number of ketones is 1. The van der Waals surface area contributed by atoms with Crippen molar-refractivity contribution in [3.05, 3.63) is 48.0 Å². The molecule has 1 aromatic rings. The van der Waals surface area contributed by atoms with Gasteiger partial charge >= 0.3 is 6.03 Å². The minimum atomic E-state index is -1.04. The second-order valence-electron chi connectivity index (χ2n) is 17.5. The van der Waals surface area contributed by atoms with E-state index < -0.39 is 58.6 Å². The van der Waals surface area contributed by atoms with Crippen LogP contribution in [0.3, 0.4) is 0 Å². The van der Waals surface area contributed by atoms with Gasteiger partial charge in [0.25, 0.3) is 17.7 Å². The summed E-state index contributed by atoms with van der Waals surface area (Å²) < 4.78 is 0. The van der Waals surface area contributed by atoms with Crippen LogP contribution >= 0.6 is 0 Å². The second kappa shape index (κ2) is 14.4. The number of amides is 7. The van der Waals surface area contributed by atoms with Crippen molar-refractivity contribution in [3.8, 4) is 0 Å². The van der Waals surface area contributed by atoms with Crippen molar-refractivity contribution >= 4 is 41.4 Å². The van der Waals surface area contributed by atoms with Crippen molar-refractivity contribution < 1.29 is 33.6 Å². The van der Waals surface area contributed by atoms with Crippen LogP contribution in [-0.2, 0) is 19.2 Å². The summed E-state index contributed by atoms with van der Waals surface area (Å²) in [7, 11) is 0. The molecule has 2 aliphatic heterocycles. The minimum absolute atomic E-state index is 0.0140. The number of nitrogens with zero attached hydrogens (tertiary/aromatic N) is 2. The Hall–Kier alpha value is -4.55. The lowest BCUT2D eigenvalue weighted by atomic mass is 9.81. The SMILES string of the molecule is C=CCNC(=O)C(=O)C(CC1CC1)NC(=O)[C@@H]1[C@@H]2[C@H](CN1C(=O)[C@@H](NC(=O)NC1(CN3C(=O)c4ccccc4C3=O)CCCCC1)C(C)(C)C)C2(C)C. The van der Waals surface area contributed by atoms with Crippen molar-refractivity contribution in [1.82, 2.24) is 31.1 Å². The maximum absolute atomic E-state index is 14.6. The highest BCUT2D eigenvalue weighted by Crippen LogP contribution is 2.65. The number of rotatable bonds is 13. The van der Waals surface area contributed by atoms with Gasteiger partial charge in [-0.1, -0.05) is 84.9 Å². The Bertz CT molecular complexity index is 1670. The van der Waals surface area contributed by atoms with Crippen LogP contribution in [0.5, 0.6) is 0 Å². The standard InChI is InChI=1S/C40H54N6O7/c1-7-19-41-33(49)30(47)27(20-23-15-16-23)42-32(48)29-28-26(39(28,5)6)21-45(29)36(52)31(38(2,3)4)43-37(53)44-40(17-11-8-12-18-40)22-46-34(50)24-13-9-10-14-25(24)35(46)51/h7,9-10,13-14,23,26-29,31H,1,8,11-12,15-22H2,2-6H3,(H,41,49)(H,42,48)(H2,43,44,53)/t26-,27?,28-,29-,31+/m0/s1. The van der Waals surface area contributed by atoms with Gasteiger partial charge < -0.3 is 26.2 Å². The van der Waals surface area contributed by atoms with Gasteiger partial charge in [-0.3, -0.25) is 33.7 Å². The topological polar surface area (TPSA) is 174 Å². The van der Waals surface area contributed by atoms with Crippen molar-refractivity contribution in [3.63, 3.8) is 0 Å². The number of nitrogens with one attached hydrogen (secondary N) is 4. The summed E-state index contributed by atoms with van der Waals surface area (Å²) in [6.07, 6.45) is 7.32. The van der Waals surface area contributed by atoms with Crippen molar-refractivity contribution in [2.75, 3.05) is 19.6 Å². The number of carbonyl (C=O) groups excluding carboxylic acids is 7. The van der Waals surface area contributed by atoms with Crippen molar-refractivity contribution in [1.29, 1.82) is 0 Å². The van der Waals surface area contributed by atoms with Gasteiger partial charge in [-0.15, -0.1) is 6.58 Å². The molecule has 1 aromatic carbocycles. The zero-order valence-electron chi connectivity index (χ0n) is 31.6. The van der Waals surface area contributed by atoms with Crippen LogP contribution in [0.2, 0.25) is 0 Å². The van der Waals surface area contributed by atoms with E-state index in [1.165, 1.54) is 15.9 Å². The quantitative estimate of drug-likeness (QED) is 0.137. The molecule has 1 unspecified atom stereocenters. The largest absolute Gasteiger partial charge is 0.346 e. The lowest BCUT2D eigenvalue weighted by Gasteiger charge is -2.42. The second-order valence-corrected chi connectivity index (χ2v) is 17.5. The van der Waals surface area contributed by atoms with E-state index in [4.69, 9.17) is 0 Å². The molecule has 4 fully saturated rings. The molecule has 286 valence electrons. The Balaban J connectivity index is 1.19. The highest BCUT2D eigenvalue weighted by molar-refractivity contribution is 6.38. The monoisotopic (exact) mass is 730 g/mol. The lowest BCUT2D eigenvalue weighted by Crippen LogP contribution is -2.64. The Morgan fingerprint density at radius 1 is 0.962 bits per heavy atom. The van der Waals surface area contributed by atoms with Crippen LogP contribution < -0.4 is 21.3 Å². The summed E-state index contributed by atoms with van der Waals surface area (Å²) >= 11 is 0. The van der Waals surface area contributed by atoms with E-state index in [0.717, 1.165) is 32.1 Å². The third-order valence-corrected chi connectivity index (χ3v) is 12.2. The Morgan fingerprint density at radius 3 is 2.15 bits per heavy atom. The predicted molar refractivity (Wildman–Crippen MR) is 196 cm³/mol. The normalized spacial score (nSPS) is 25.0. The van der Waals surface area contributed by atoms with Crippen LogP contribution in [0.4, 0.5) is 4.79 Å². The number of hydrogen-bond donors (Lipinski definition) is 4. The predicted octanol–water partition coefficient (Wildman–Crippen LogP) is 3.34. The lowest BCUT2D eigenvalue weighted by molar-refractivity contribution is -0.145. The molecule has 0 bridgehead atoms. The molecule has 1 saturated heterocycles. The Kier molecular flexibility index (Phi) is 10.3. The number of imide groups is 1. The van der Waals surface area contributed by atoms with E-state index in [0.29, 0.717) is 36.9 Å². The number of hydrogen-bond acceptors (Lipinski definition) is 7. The van der Waals surface area contributed by atoms with Gasteiger partial charge in [0, 0.05) is 13.1 Å². The summed E-state index contributed by atoms with van der Waals surface area (Å²) in [5.74, 6) is -3.06. The molecule has 0 spiro atoms. The van der Waals surface area contributed by atoms with Gasteiger partial charge in [-0.25, -0.2) is 4.79 Å². The Morgan fingerprint density at radius 2 is 1.58 bits per heavy atom. The van der Waals surface area contributed by atoms with Gasteiger partial charge in [0.2, 0.25) is 17.6 Å². The maximum atomic E-state index is 14.6. The van der Waals surface area contributed by atoms with Crippen molar-refractivity contribution in [2.24, 2.45) is 28.6 Å². The molecule has 4 N–H and O–H groups in total. The summed E-state index contributed by atoms with van der Waals surface area (Å²) in [5.41, 5.74) is -1.18. The fraction of sp³-hybridized carbons (Fsp3) is 0.625. The smallest absolute Gasteiger partial charge is 0.315 e.